The van der Waals surface area contributed by atoms with Gasteiger partial charge < -0.3 is 4.74 Å². The van der Waals surface area contributed by atoms with Gasteiger partial charge in [0.1, 0.15) is 11.9 Å². The van der Waals surface area contributed by atoms with Gasteiger partial charge in [-0.05, 0) is 54.2 Å². The maximum absolute atomic E-state index is 6.34. The Kier molecular flexibility index (Phi) is 3.26. The van der Waals surface area contributed by atoms with Crippen LogP contribution in [0.4, 0.5) is 0 Å². The molecule has 0 N–H and O–H groups in total. The molecule has 2 aliphatic carbocycles. The van der Waals surface area contributed by atoms with Gasteiger partial charge in [-0.25, -0.2) is 0 Å². The Morgan fingerprint density at radius 2 is 1.83 bits per heavy atom. The molecule has 0 saturated heterocycles. The van der Waals surface area contributed by atoms with Gasteiger partial charge in [0.15, 0.2) is 0 Å². The van der Waals surface area contributed by atoms with Gasteiger partial charge in [-0.15, -0.1) is 11.8 Å². The summed E-state index contributed by atoms with van der Waals surface area (Å²) in [6.45, 7) is 0. The van der Waals surface area contributed by atoms with Crippen LogP contribution in [0.15, 0.2) is 64.6 Å². The first kappa shape index (κ1) is 13.7. The summed E-state index contributed by atoms with van der Waals surface area (Å²) in [7, 11) is 0. The first-order chi connectivity index (χ1) is 11.4. The van der Waals surface area contributed by atoms with Crippen molar-refractivity contribution in [2.24, 2.45) is 0 Å². The van der Waals surface area contributed by atoms with Crippen LogP contribution in [0.3, 0.4) is 0 Å². The lowest BCUT2D eigenvalue weighted by molar-refractivity contribution is 0.249. The summed E-state index contributed by atoms with van der Waals surface area (Å²) >= 11 is 2.01. The monoisotopic (exact) mass is 320 g/mol. The molecule has 0 bridgehead atoms. The van der Waals surface area contributed by atoms with Gasteiger partial charge in [0.05, 0.1) is 10.1 Å². The van der Waals surface area contributed by atoms with E-state index < -0.39 is 0 Å². The Morgan fingerprint density at radius 3 is 2.74 bits per heavy atom. The Labute approximate surface area is 141 Å². The van der Waals surface area contributed by atoms with Crippen molar-refractivity contribution in [3.05, 3.63) is 59.7 Å². The third kappa shape index (κ3) is 2.23. The quantitative estimate of drug-likeness (QED) is 0.598. The highest BCUT2D eigenvalue weighted by molar-refractivity contribution is 8.00. The molecule has 1 aliphatic heterocycles. The standard InChI is InChI=1S/C21H20OS/c1-2-6-14(7-3-1)17-11-13-19-21(17)23-20-16-9-5-4-8-15(16)10-12-18(20)22-19/h4-5,8-13,19,21H,1-3,6-7H2. The first-order valence-electron chi connectivity index (χ1n) is 8.65. The molecule has 2 heteroatoms. The van der Waals surface area contributed by atoms with Gasteiger partial charge in [0, 0.05) is 0 Å². The summed E-state index contributed by atoms with van der Waals surface area (Å²) in [6.07, 6.45) is 11.5. The predicted octanol–water partition coefficient (Wildman–Crippen LogP) is 5.89. The maximum Gasteiger partial charge on any atom is 0.134 e. The third-order valence-corrected chi connectivity index (χ3v) is 6.72. The van der Waals surface area contributed by atoms with Crippen molar-refractivity contribution >= 4 is 22.5 Å². The van der Waals surface area contributed by atoms with Crippen LogP contribution in [0.2, 0.25) is 0 Å². The van der Waals surface area contributed by atoms with Crippen molar-refractivity contribution in [3.8, 4) is 5.75 Å². The van der Waals surface area contributed by atoms with Crippen LogP contribution in [-0.2, 0) is 0 Å². The molecule has 116 valence electrons. The van der Waals surface area contributed by atoms with Crippen LogP contribution >= 0.6 is 11.8 Å². The highest BCUT2D eigenvalue weighted by Crippen LogP contribution is 2.49. The molecule has 2 aromatic rings. The van der Waals surface area contributed by atoms with E-state index in [1.807, 2.05) is 11.8 Å². The minimum Gasteiger partial charge on any atom is -0.484 e. The fourth-order valence-corrected chi connectivity index (χ4v) is 5.55. The van der Waals surface area contributed by atoms with Crippen LogP contribution in [0.5, 0.6) is 5.75 Å². The summed E-state index contributed by atoms with van der Waals surface area (Å²) in [5.41, 5.74) is 3.23. The highest BCUT2D eigenvalue weighted by atomic mass is 32.2. The molecular weight excluding hydrogens is 300 g/mol. The third-order valence-electron chi connectivity index (χ3n) is 5.29. The number of hydrogen-bond acceptors (Lipinski definition) is 2. The topological polar surface area (TPSA) is 9.23 Å². The largest absolute Gasteiger partial charge is 0.484 e. The second kappa shape index (κ2) is 5.45. The van der Waals surface area contributed by atoms with E-state index in [0.29, 0.717) is 5.25 Å². The molecule has 1 saturated carbocycles. The lowest BCUT2D eigenvalue weighted by atomic mass is 9.90. The van der Waals surface area contributed by atoms with Crippen molar-refractivity contribution in [1.29, 1.82) is 0 Å². The van der Waals surface area contributed by atoms with Crippen molar-refractivity contribution in [3.63, 3.8) is 0 Å². The zero-order valence-electron chi connectivity index (χ0n) is 13.1. The highest BCUT2D eigenvalue weighted by Gasteiger charge is 2.36. The summed E-state index contributed by atoms with van der Waals surface area (Å²) in [5, 5.41) is 3.08. The maximum atomic E-state index is 6.34. The fourth-order valence-electron chi connectivity index (χ4n) is 4.10. The van der Waals surface area contributed by atoms with E-state index >= 15 is 0 Å². The van der Waals surface area contributed by atoms with E-state index in [-0.39, 0.29) is 6.10 Å². The molecule has 23 heavy (non-hydrogen) atoms. The summed E-state index contributed by atoms with van der Waals surface area (Å²) in [4.78, 5) is 1.32. The van der Waals surface area contributed by atoms with Crippen molar-refractivity contribution in [2.75, 3.05) is 0 Å². The first-order valence-corrected chi connectivity index (χ1v) is 9.53. The minimum absolute atomic E-state index is 0.207. The van der Waals surface area contributed by atoms with Gasteiger partial charge in [-0.1, -0.05) is 48.4 Å². The lowest BCUT2D eigenvalue weighted by Crippen LogP contribution is -2.29. The average molecular weight is 320 g/mol. The van der Waals surface area contributed by atoms with Gasteiger partial charge in [-0.3, -0.25) is 0 Å². The number of hydrogen-bond donors (Lipinski definition) is 0. The second-order valence-corrected chi connectivity index (χ2v) is 7.87. The summed E-state index contributed by atoms with van der Waals surface area (Å²) < 4.78 is 6.34. The van der Waals surface area contributed by atoms with E-state index in [2.05, 4.69) is 48.6 Å². The van der Waals surface area contributed by atoms with Crippen molar-refractivity contribution < 1.29 is 4.74 Å². The number of thioether (sulfide) groups is 1. The summed E-state index contributed by atoms with van der Waals surface area (Å²) in [5.74, 6) is 1.05. The van der Waals surface area contributed by atoms with Gasteiger partial charge in [0.2, 0.25) is 0 Å². The van der Waals surface area contributed by atoms with E-state index in [1.165, 1.54) is 47.8 Å². The Bertz CT molecular complexity index is 825. The zero-order chi connectivity index (χ0) is 15.2. The molecule has 3 aliphatic rings. The van der Waals surface area contributed by atoms with Gasteiger partial charge in [-0.2, -0.15) is 0 Å². The Hall–Kier alpha value is -1.67. The lowest BCUT2D eigenvalue weighted by Gasteiger charge is -2.31. The number of allylic oxidation sites excluding steroid dienone is 2. The minimum atomic E-state index is 0.207. The molecule has 1 nitrogen and oxygen atoms in total. The average Bonchev–Trinajstić information content (AvgIpc) is 3.03. The fraction of sp³-hybridized carbons (Fsp3) is 0.333. The van der Waals surface area contributed by atoms with Crippen LogP contribution in [0, 0.1) is 0 Å². The van der Waals surface area contributed by atoms with E-state index in [9.17, 15) is 0 Å². The predicted molar refractivity (Wildman–Crippen MR) is 97.3 cm³/mol. The summed E-state index contributed by atoms with van der Waals surface area (Å²) in [6, 6.07) is 13.0. The second-order valence-electron chi connectivity index (χ2n) is 6.71. The Morgan fingerprint density at radius 1 is 0.957 bits per heavy atom. The zero-order valence-corrected chi connectivity index (χ0v) is 13.9. The number of benzene rings is 2. The van der Waals surface area contributed by atoms with Crippen molar-refractivity contribution in [1.82, 2.24) is 0 Å². The molecule has 0 amide bonds. The number of rotatable bonds is 0. The van der Waals surface area contributed by atoms with Crippen LogP contribution in [0.25, 0.3) is 10.8 Å². The number of ether oxygens (including phenoxy) is 1. The van der Waals surface area contributed by atoms with Crippen molar-refractivity contribution in [2.45, 2.75) is 48.4 Å². The molecule has 0 spiro atoms. The van der Waals surface area contributed by atoms with Crippen LogP contribution in [0.1, 0.15) is 32.1 Å². The molecule has 2 aromatic carbocycles. The number of fused-ring (bicyclic) bond motifs is 4. The molecule has 2 unspecified atom stereocenters. The van der Waals surface area contributed by atoms with Gasteiger partial charge in [0.25, 0.3) is 0 Å². The molecule has 0 radical (unpaired) electrons. The molecule has 1 fully saturated rings. The molecular formula is C21H20OS. The van der Waals surface area contributed by atoms with E-state index in [4.69, 9.17) is 4.74 Å². The smallest absolute Gasteiger partial charge is 0.134 e. The molecule has 0 aromatic heterocycles. The molecule has 5 rings (SSSR count). The molecule has 1 heterocycles. The van der Waals surface area contributed by atoms with Gasteiger partial charge >= 0.3 is 0 Å². The van der Waals surface area contributed by atoms with Crippen LogP contribution < -0.4 is 4.74 Å². The van der Waals surface area contributed by atoms with E-state index in [0.717, 1.165) is 5.75 Å². The van der Waals surface area contributed by atoms with E-state index in [1.54, 1.807) is 11.1 Å². The normalized spacial score (nSPS) is 26.1. The Balaban J connectivity index is 1.59. The molecule has 2 atom stereocenters. The SMILES string of the molecule is C1=CC2Oc3ccc4ccccc4c3SC2C1=C1CCCCC1. The van der Waals surface area contributed by atoms with Crippen LogP contribution in [-0.4, -0.2) is 11.4 Å².